The molecule has 0 aliphatic carbocycles. The molecule has 0 amide bonds. The Kier molecular flexibility index (Phi) is 6.06. The summed E-state index contributed by atoms with van der Waals surface area (Å²) in [6, 6.07) is 20.0. The van der Waals surface area contributed by atoms with Crippen LogP contribution < -0.4 is 10.6 Å². The second-order valence-electron chi connectivity index (χ2n) is 10.9. The third-order valence-electron chi connectivity index (χ3n) is 6.29. The quantitative estimate of drug-likeness (QED) is 0.244. The predicted octanol–water partition coefficient (Wildman–Crippen LogP) is 8.40. The molecule has 168 valence electrons. The van der Waals surface area contributed by atoms with Gasteiger partial charge in [0.2, 0.25) is 0 Å². The lowest BCUT2D eigenvalue weighted by Crippen LogP contribution is -2.19. The minimum Gasteiger partial charge on any atom is -0.376 e. The number of rotatable bonds is 4. The predicted molar refractivity (Wildman–Crippen MR) is 142 cm³/mol. The van der Waals surface area contributed by atoms with Crippen molar-refractivity contribution in [3.8, 4) is 0 Å². The van der Waals surface area contributed by atoms with E-state index in [0.29, 0.717) is 0 Å². The van der Waals surface area contributed by atoms with Crippen LogP contribution in [-0.2, 0) is 17.3 Å². The van der Waals surface area contributed by atoms with Crippen LogP contribution in [0.15, 0.2) is 59.5 Å². The zero-order chi connectivity index (χ0) is 23.1. The van der Waals surface area contributed by atoms with E-state index in [-0.39, 0.29) is 10.8 Å². The normalized spacial score (nSPS) is 13.2. The monoisotopic (exact) mass is 444 g/mol. The molecule has 3 heteroatoms. The van der Waals surface area contributed by atoms with Crippen LogP contribution in [0.2, 0.25) is 0 Å². The third-order valence-corrected chi connectivity index (χ3v) is 7.14. The number of nitrogens with one attached hydrogen (secondary N) is 2. The van der Waals surface area contributed by atoms with Crippen molar-refractivity contribution in [2.24, 2.45) is 0 Å². The van der Waals surface area contributed by atoms with Crippen molar-refractivity contribution >= 4 is 28.8 Å². The van der Waals surface area contributed by atoms with Gasteiger partial charge in [-0.2, -0.15) is 0 Å². The second-order valence-corrected chi connectivity index (χ2v) is 12.0. The van der Waals surface area contributed by atoms with Gasteiger partial charge in [-0.1, -0.05) is 59.7 Å². The number of hydrogen-bond acceptors (Lipinski definition) is 3. The van der Waals surface area contributed by atoms with Gasteiger partial charge in [0, 0.05) is 28.4 Å². The molecule has 0 saturated heterocycles. The highest BCUT2D eigenvalue weighted by Crippen LogP contribution is 2.38. The second kappa shape index (κ2) is 8.51. The summed E-state index contributed by atoms with van der Waals surface area (Å²) in [6.45, 7) is 16.2. The Labute approximate surface area is 198 Å². The van der Waals surface area contributed by atoms with E-state index in [4.69, 9.17) is 0 Å². The molecule has 1 heterocycles. The fraction of sp³-hybridized carbons (Fsp3) is 0.379. The fourth-order valence-corrected chi connectivity index (χ4v) is 5.46. The molecule has 2 N–H and O–H groups in total. The van der Waals surface area contributed by atoms with E-state index in [9.17, 15) is 0 Å². The minimum absolute atomic E-state index is 0.135. The molecule has 0 fully saturated rings. The Morgan fingerprint density at radius 3 is 2.09 bits per heavy atom. The molecular weight excluding hydrogens is 408 g/mol. The van der Waals surface area contributed by atoms with Crippen LogP contribution >= 0.6 is 11.8 Å². The van der Waals surface area contributed by atoms with Crippen LogP contribution in [0, 0.1) is 6.92 Å². The number of hydrogen-bond donors (Lipinski definition) is 2. The molecule has 0 aromatic heterocycles. The highest BCUT2D eigenvalue weighted by molar-refractivity contribution is 7.99. The number of thioether (sulfide) groups is 1. The zero-order valence-electron chi connectivity index (χ0n) is 20.5. The van der Waals surface area contributed by atoms with Crippen molar-refractivity contribution in [2.75, 3.05) is 16.5 Å². The van der Waals surface area contributed by atoms with Gasteiger partial charge in [0.25, 0.3) is 0 Å². The first kappa shape index (κ1) is 22.8. The van der Waals surface area contributed by atoms with E-state index in [2.05, 4.69) is 114 Å². The summed E-state index contributed by atoms with van der Waals surface area (Å²) in [6.07, 6.45) is 0.975. The van der Waals surface area contributed by atoms with E-state index in [1.807, 2.05) is 11.8 Å². The molecule has 0 bridgehead atoms. The smallest absolute Gasteiger partial charge is 0.0657 e. The highest BCUT2D eigenvalue weighted by atomic mass is 32.2. The summed E-state index contributed by atoms with van der Waals surface area (Å²) < 4.78 is 0. The zero-order valence-corrected chi connectivity index (χ0v) is 21.3. The first-order chi connectivity index (χ1) is 15.0. The average molecular weight is 445 g/mol. The van der Waals surface area contributed by atoms with Crippen molar-refractivity contribution in [1.82, 2.24) is 0 Å². The molecule has 0 atom stereocenters. The van der Waals surface area contributed by atoms with Crippen molar-refractivity contribution in [3.63, 3.8) is 0 Å². The van der Waals surface area contributed by atoms with Gasteiger partial charge in [0.05, 0.1) is 5.88 Å². The minimum atomic E-state index is 0.135. The van der Waals surface area contributed by atoms with E-state index in [1.165, 1.54) is 49.8 Å². The van der Waals surface area contributed by atoms with Crippen molar-refractivity contribution in [1.29, 1.82) is 0 Å². The van der Waals surface area contributed by atoms with E-state index < -0.39 is 0 Å². The van der Waals surface area contributed by atoms with Crippen molar-refractivity contribution in [3.05, 3.63) is 82.4 Å². The Morgan fingerprint density at radius 1 is 0.812 bits per heavy atom. The summed E-state index contributed by atoms with van der Waals surface area (Å²) in [5.74, 6) is 0.846. The van der Waals surface area contributed by atoms with Crippen LogP contribution in [0.25, 0.3) is 0 Å². The third kappa shape index (κ3) is 4.83. The molecule has 4 rings (SSSR count). The molecule has 32 heavy (non-hydrogen) atoms. The number of anilines is 3. The van der Waals surface area contributed by atoms with Gasteiger partial charge in [-0.25, -0.2) is 0 Å². The van der Waals surface area contributed by atoms with Gasteiger partial charge in [-0.05, 0) is 82.0 Å². The lowest BCUT2D eigenvalue weighted by molar-refractivity contribution is 0.558. The van der Waals surface area contributed by atoms with Crippen LogP contribution in [-0.4, -0.2) is 5.88 Å². The summed E-state index contributed by atoms with van der Waals surface area (Å²) >= 11 is 1.88. The maximum Gasteiger partial charge on any atom is 0.0657 e. The van der Waals surface area contributed by atoms with Crippen molar-refractivity contribution < 1.29 is 0 Å². The molecule has 0 spiro atoms. The summed E-state index contributed by atoms with van der Waals surface area (Å²) in [5.41, 5.74) is 10.9. The molecule has 1 aliphatic rings. The van der Waals surface area contributed by atoms with Gasteiger partial charge >= 0.3 is 0 Å². The van der Waals surface area contributed by atoms with Crippen LogP contribution in [0.5, 0.6) is 0 Å². The average Bonchev–Trinajstić information content (AvgIpc) is 2.71. The molecule has 0 radical (unpaired) electrons. The van der Waals surface area contributed by atoms with Gasteiger partial charge in [-0.3, -0.25) is 0 Å². The number of fused-ring (bicyclic) bond motifs is 2. The lowest BCUT2D eigenvalue weighted by Gasteiger charge is -2.29. The molecule has 0 unspecified atom stereocenters. The molecule has 1 aliphatic heterocycles. The van der Waals surface area contributed by atoms with Crippen LogP contribution in [0.3, 0.4) is 0 Å². The highest BCUT2D eigenvalue weighted by Gasteiger charge is 2.24. The van der Waals surface area contributed by atoms with Gasteiger partial charge in [-0.15, -0.1) is 11.8 Å². The summed E-state index contributed by atoms with van der Waals surface area (Å²) in [5, 5.41) is 7.20. The largest absolute Gasteiger partial charge is 0.376 e. The van der Waals surface area contributed by atoms with E-state index >= 15 is 0 Å². The van der Waals surface area contributed by atoms with Gasteiger partial charge < -0.3 is 10.6 Å². The molecular formula is C29H36N2S. The van der Waals surface area contributed by atoms with Crippen molar-refractivity contribution in [2.45, 2.75) is 70.6 Å². The SMILES string of the molecule is Cc1c(C(C)(C)C)cc(SCNc2ccc3c(c2)Cc2ccccc2N3)cc1C(C)(C)C. The van der Waals surface area contributed by atoms with Gasteiger partial charge in [0.15, 0.2) is 0 Å². The molecule has 2 nitrogen and oxygen atoms in total. The first-order valence-electron chi connectivity index (χ1n) is 11.5. The summed E-state index contributed by atoms with van der Waals surface area (Å²) in [4.78, 5) is 1.34. The van der Waals surface area contributed by atoms with E-state index in [0.717, 1.165) is 12.3 Å². The maximum absolute atomic E-state index is 3.63. The van der Waals surface area contributed by atoms with Gasteiger partial charge in [0.1, 0.15) is 0 Å². The number of para-hydroxylation sites is 1. The van der Waals surface area contributed by atoms with Crippen LogP contribution in [0.1, 0.15) is 69.4 Å². The Balaban J connectivity index is 1.49. The maximum atomic E-state index is 3.63. The molecule has 3 aromatic carbocycles. The first-order valence-corrected chi connectivity index (χ1v) is 12.5. The topological polar surface area (TPSA) is 24.1 Å². The molecule has 3 aromatic rings. The lowest BCUT2D eigenvalue weighted by atomic mass is 9.77. The molecule has 0 saturated carbocycles. The fourth-order valence-electron chi connectivity index (χ4n) is 4.65. The van der Waals surface area contributed by atoms with Crippen LogP contribution in [0.4, 0.5) is 17.1 Å². The number of benzene rings is 3. The Hall–Kier alpha value is -2.39. The Bertz CT molecular complexity index is 1100. The Morgan fingerprint density at radius 2 is 1.44 bits per heavy atom. The van der Waals surface area contributed by atoms with E-state index in [1.54, 1.807) is 0 Å². The standard InChI is InChI=1S/C29H36N2S/c1-19-24(28(2,3)4)16-23(17-25(19)29(5,6)7)32-18-30-22-12-13-27-21(15-22)14-20-10-8-9-11-26(20)31-27/h8-13,15-17,30-31H,14,18H2,1-7H3. The summed E-state index contributed by atoms with van der Waals surface area (Å²) in [7, 11) is 0.